The van der Waals surface area contributed by atoms with Crippen molar-refractivity contribution in [2.45, 2.75) is 18.9 Å². The van der Waals surface area contributed by atoms with Crippen LogP contribution in [0, 0.1) is 11.8 Å². The predicted molar refractivity (Wildman–Crippen MR) is 78.9 cm³/mol. The van der Waals surface area contributed by atoms with Gasteiger partial charge in [-0.25, -0.2) is 4.98 Å². The zero-order valence-electron chi connectivity index (χ0n) is 11.4. The molecule has 0 aliphatic heterocycles. The molecule has 1 amide bonds. The average molecular weight is 281 g/mol. The van der Waals surface area contributed by atoms with Crippen LogP contribution in [0.15, 0.2) is 36.5 Å². The first kappa shape index (κ1) is 13.4. The minimum Gasteiger partial charge on any atom is -0.384 e. The van der Waals surface area contributed by atoms with Gasteiger partial charge in [0.05, 0.1) is 0 Å². The molecule has 2 N–H and O–H groups in total. The second kappa shape index (κ2) is 5.81. The molecule has 0 bridgehead atoms. The van der Waals surface area contributed by atoms with Crippen LogP contribution >= 0.6 is 0 Å². The standard InChI is InChI=1S/C16H15N3O2/c20-11-3-5-12-4-1-7-15(17-12)18-16(21)14-6-2-10-19(14)13-8-9-13/h1-2,4,6-7,10,13,20H,8-9,11H2,(H,17,18,21). The first-order chi connectivity index (χ1) is 10.3. The van der Waals surface area contributed by atoms with Gasteiger partial charge in [-0.1, -0.05) is 12.0 Å². The summed E-state index contributed by atoms with van der Waals surface area (Å²) in [4.78, 5) is 16.5. The Bertz CT molecular complexity index is 720. The third-order valence-electron chi connectivity index (χ3n) is 3.24. The van der Waals surface area contributed by atoms with Gasteiger partial charge < -0.3 is 15.0 Å². The lowest BCUT2D eigenvalue weighted by Gasteiger charge is -2.08. The molecule has 0 saturated heterocycles. The highest BCUT2D eigenvalue weighted by Gasteiger charge is 2.26. The molecule has 2 aromatic rings. The first-order valence-electron chi connectivity index (χ1n) is 6.83. The van der Waals surface area contributed by atoms with Gasteiger partial charge >= 0.3 is 0 Å². The van der Waals surface area contributed by atoms with E-state index in [1.807, 2.05) is 22.9 Å². The van der Waals surface area contributed by atoms with Crippen LogP contribution in [0.2, 0.25) is 0 Å². The molecule has 21 heavy (non-hydrogen) atoms. The number of pyridine rings is 1. The Hall–Kier alpha value is -2.58. The molecule has 0 aromatic carbocycles. The summed E-state index contributed by atoms with van der Waals surface area (Å²) in [6.45, 7) is -0.215. The molecule has 5 heteroatoms. The summed E-state index contributed by atoms with van der Waals surface area (Å²) in [5.41, 5.74) is 1.16. The molecule has 1 fully saturated rings. The molecule has 2 aromatic heterocycles. The van der Waals surface area contributed by atoms with Crippen LogP contribution in [-0.2, 0) is 0 Å². The molecule has 1 aliphatic rings. The Morgan fingerprint density at radius 1 is 1.38 bits per heavy atom. The van der Waals surface area contributed by atoms with E-state index in [1.54, 1.807) is 18.2 Å². The van der Waals surface area contributed by atoms with Crippen molar-refractivity contribution in [1.82, 2.24) is 9.55 Å². The number of nitrogens with one attached hydrogen (secondary N) is 1. The smallest absolute Gasteiger partial charge is 0.273 e. The minimum absolute atomic E-state index is 0.174. The molecule has 1 aliphatic carbocycles. The predicted octanol–water partition coefficient (Wildman–Crippen LogP) is 1.81. The maximum Gasteiger partial charge on any atom is 0.273 e. The topological polar surface area (TPSA) is 67.2 Å². The van der Waals surface area contributed by atoms with Gasteiger partial charge in [0.2, 0.25) is 0 Å². The van der Waals surface area contributed by atoms with Gasteiger partial charge in [-0.2, -0.15) is 0 Å². The highest BCUT2D eigenvalue weighted by atomic mass is 16.2. The van der Waals surface area contributed by atoms with Crippen LogP contribution in [0.1, 0.15) is 35.1 Å². The largest absolute Gasteiger partial charge is 0.384 e. The van der Waals surface area contributed by atoms with Crippen LogP contribution in [0.25, 0.3) is 0 Å². The maximum absolute atomic E-state index is 12.3. The van der Waals surface area contributed by atoms with Gasteiger partial charge in [0.1, 0.15) is 23.8 Å². The Kier molecular flexibility index (Phi) is 3.71. The number of nitrogens with zero attached hydrogens (tertiary/aromatic N) is 2. The third kappa shape index (κ3) is 3.12. The summed E-state index contributed by atoms with van der Waals surface area (Å²) in [6, 6.07) is 9.35. The van der Waals surface area contributed by atoms with Crippen molar-refractivity contribution in [3.63, 3.8) is 0 Å². The van der Waals surface area contributed by atoms with E-state index in [1.165, 1.54) is 0 Å². The van der Waals surface area contributed by atoms with Crippen molar-refractivity contribution in [2.75, 3.05) is 11.9 Å². The van der Waals surface area contributed by atoms with E-state index in [9.17, 15) is 4.79 Å². The molecule has 0 atom stereocenters. The number of aliphatic hydroxyl groups is 1. The molecule has 0 unspecified atom stereocenters. The number of hydrogen-bond donors (Lipinski definition) is 2. The molecule has 1 saturated carbocycles. The molecular weight excluding hydrogens is 266 g/mol. The number of carbonyl (C=O) groups excluding carboxylic acids is 1. The quantitative estimate of drug-likeness (QED) is 0.843. The summed E-state index contributed by atoms with van der Waals surface area (Å²) >= 11 is 0. The van der Waals surface area contributed by atoms with Crippen molar-refractivity contribution in [2.24, 2.45) is 0 Å². The Labute approximate surface area is 122 Å². The summed E-state index contributed by atoms with van der Waals surface area (Å²) in [5.74, 6) is 5.52. The number of amides is 1. The zero-order valence-corrected chi connectivity index (χ0v) is 11.4. The maximum atomic E-state index is 12.3. The van der Waals surface area contributed by atoms with Crippen molar-refractivity contribution < 1.29 is 9.90 Å². The van der Waals surface area contributed by atoms with Gasteiger partial charge in [-0.05, 0) is 43.0 Å². The third-order valence-corrected chi connectivity index (χ3v) is 3.24. The van der Waals surface area contributed by atoms with E-state index in [4.69, 9.17) is 5.11 Å². The van der Waals surface area contributed by atoms with Crippen molar-refractivity contribution in [3.05, 3.63) is 47.9 Å². The molecule has 0 radical (unpaired) electrons. The van der Waals surface area contributed by atoms with Gasteiger partial charge in [-0.3, -0.25) is 4.79 Å². The Morgan fingerprint density at radius 3 is 3.00 bits per heavy atom. The SMILES string of the molecule is O=C(Nc1cccc(C#CCO)n1)c1cccn1C1CC1. The molecule has 5 nitrogen and oxygen atoms in total. The number of hydrogen-bond acceptors (Lipinski definition) is 3. The summed E-state index contributed by atoms with van der Waals surface area (Å²) in [6.07, 6.45) is 4.18. The van der Waals surface area contributed by atoms with Gasteiger partial charge in [0.25, 0.3) is 5.91 Å². The second-order valence-corrected chi connectivity index (χ2v) is 4.85. The lowest BCUT2D eigenvalue weighted by Crippen LogP contribution is -2.17. The molecule has 106 valence electrons. The Balaban J connectivity index is 1.76. The normalized spacial score (nSPS) is 13.4. The van der Waals surface area contributed by atoms with Crippen LogP contribution in [0.3, 0.4) is 0 Å². The Morgan fingerprint density at radius 2 is 2.24 bits per heavy atom. The van der Waals surface area contributed by atoms with Crippen LogP contribution in [0.4, 0.5) is 5.82 Å². The second-order valence-electron chi connectivity index (χ2n) is 4.85. The fourth-order valence-electron chi connectivity index (χ4n) is 2.14. The molecule has 0 spiro atoms. The summed E-state index contributed by atoms with van der Waals surface area (Å²) in [7, 11) is 0. The number of aliphatic hydroxyl groups excluding tert-OH is 1. The van der Waals surface area contributed by atoms with Crippen LogP contribution in [-0.4, -0.2) is 27.2 Å². The molecule has 2 heterocycles. The van der Waals surface area contributed by atoms with Crippen LogP contribution < -0.4 is 5.32 Å². The zero-order chi connectivity index (χ0) is 14.7. The first-order valence-corrected chi connectivity index (χ1v) is 6.83. The monoisotopic (exact) mass is 281 g/mol. The summed E-state index contributed by atoms with van der Waals surface area (Å²) in [5, 5.41) is 11.5. The van der Waals surface area contributed by atoms with E-state index >= 15 is 0 Å². The van der Waals surface area contributed by atoms with E-state index in [-0.39, 0.29) is 12.5 Å². The van der Waals surface area contributed by atoms with Gasteiger partial charge in [0, 0.05) is 12.2 Å². The lowest BCUT2D eigenvalue weighted by molar-refractivity contribution is 0.101. The number of aromatic nitrogens is 2. The van der Waals surface area contributed by atoms with Crippen molar-refractivity contribution >= 4 is 11.7 Å². The van der Waals surface area contributed by atoms with Crippen LogP contribution in [0.5, 0.6) is 0 Å². The van der Waals surface area contributed by atoms with Crippen molar-refractivity contribution in [1.29, 1.82) is 0 Å². The van der Waals surface area contributed by atoms with E-state index in [0.29, 0.717) is 23.2 Å². The fraction of sp³-hybridized carbons (Fsp3) is 0.250. The fourth-order valence-corrected chi connectivity index (χ4v) is 2.14. The number of anilines is 1. The lowest BCUT2D eigenvalue weighted by atomic mass is 10.3. The van der Waals surface area contributed by atoms with Crippen molar-refractivity contribution in [3.8, 4) is 11.8 Å². The number of rotatable bonds is 3. The minimum atomic E-state index is -0.215. The average Bonchev–Trinajstić information content (AvgIpc) is 3.22. The highest BCUT2D eigenvalue weighted by Crippen LogP contribution is 2.36. The van der Waals surface area contributed by atoms with E-state index in [2.05, 4.69) is 22.1 Å². The van der Waals surface area contributed by atoms with Gasteiger partial charge in [-0.15, -0.1) is 0 Å². The number of carbonyl (C=O) groups is 1. The molecule has 3 rings (SSSR count). The van der Waals surface area contributed by atoms with Gasteiger partial charge in [0.15, 0.2) is 0 Å². The van der Waals surface area contributed by atoms with E-state index in [0.717, 1.165) is 12.8 Å². The van der Waals surface area contributed by atoms with E-state index < -0.39 is 0 Å². The molecular formula is C16H15N3O2. The highest BCUT2D eigenvalue weighted by molar-refractivity contribution is 6.02. The summed E-state index contributed by atoms with van der Waals surface area (Å²) < 4.78 is 2.00.